The van der Waals surface area contributed by atoms with E-state index in [-0.39, 0.29) is 23.9 Å². The Balaban J connectivity index is 1.43. The number of aromatic nitrogens is 1. The van der Waals surface area contributed by atoms with E-state index >= 15 is 0 Å². The molecule has 2 aliphatic rings. The molecule has 7 nitrogen and oxygen atoms in total. The van der Waals surface area contributed by atoms with Gasteiger partial charge in [-0.1, -0.05) is 6.07 Å². The van der Waals surface area contributed by atoms with Crippen LogP contribution in [0.1, 0.15) is 34.1 Å². The van der Waals surface area contributed by atoms with Crippen LogP contribution in [0.5, 0.6) is 0 Å². The van der Waals surface area contributed by atoms with Crippen LogP contribution in [0, 0.1) is 0 Å². The molecule has 0 aliphatic carbocycles. The van der Waals surface area contributed by atoms with Crippen molar-refractivity contribution in [1.82, 2.24) is 14.8 Å². The first-order valence-electron chi connectivity index (χ1n) is 9.86. The molecule has 0 spiro atoms. The Morgan fingerprint density at radius 3 is 2.62 bits per heavy atom. The van der Waals surface area contributed by atoms with Crippen molar-refractivity contribution >= 4 is 23.2 Å². The third kappa shape index (κ3) is 4.05. The zero-order valence-corrected chi connectivity index (χ0v) is 17.2. The van der Waals surface area contributed by atoms with Gasteiger partial charge >= 0.3 is 0 Å². The summed E-state index contributed by atoms with van der Waals surface area (Å²) in [6, 6.07) is 7.62. The van der Waals surface area contributed by atoms with Crippen molar-refractivity contribution in [1.29, 1.82) is 0 Å². The number of amides is 2. The Kier molecular flexibility index (Phi) is 6.22. The van der Waals surface area contributed by atoms with Crippen LogP contribution in [-0.2, 0) is 14.3 Å². The summed E-state index contributed by atoms with van der Waals surface area (Å²) in [5.41, 5.74) is 1.03. The molecule has 2 aromatic rings. The molecule has 0 unspecified atom stereocenters. The van der Waals surface area contributed by atoms with Crippen LogP contribution >= 0.6 is 11.3 Å². The van der Waals surface area contributed by atoms with Gasteiger partial charge in [-0.15, -0.1) is 11.3 Å². The van der Waals surface area contributed by atoms with Crippen molar-refractivity contribution in [3.8, 4) is 0 Å². The second-order valence-electron chi connectivity index (χ2n) is 7.26. The number of pyridine rings is 1. The van der Waals surface area contributed by atoms with Gasteiger partial charge in [-0.05, 0) is 42.0 Å². The van der Waals surface area contributed by atoms with Crippen molar-refractivity contribution in [2.24, 2.45) is 0 Å². The Bertz CT molecular complexity index is 822. The van der Waals surface area contributed by atoms with E-state index in [2.05, 4.69) is 4.98 Å². The maximum atomic E-state index is 12.9. The van der Waals surface area contributed by atoms with Gasteiger partial charge in [0.25, 0.3) is 11.8 Å². The number of piperidine rings is 1. The van der Waals surface area contributed by atoms with Crippen LogP contribution in [-0.4, -0.2) is 72.2 Å². The lowest BCUT2D eigenvalue weighted by atomic mass is 9.86. The van der Waals surface area contributed by atoms with Gasteiger partial charge in [0, 0.05) is 38.6 Å². The minimum Gasteiger partial charge on any atom is -0.382 e. The number of methoxy groups -OCH3 is 1. The summed E-state index contributed by atoms with van der Waals surface area (Å²) in [4.78, 5) is 34.2. The van der Waals surface area contributed by atoms with E-state index in [1.807, 2.05) is 39.4 Å². The average Bonchev–Trinajstić information content (AvgIpc) is 3.30. The number of ether oxygens (including phenoxy) is 2. The lowest BCUT2D eigenvalue weighted by Gasteiger charge is -2.52. The first-order valence-corrected chi connectivity index (χ1v) is 10.7. The van der Waals surface area contributed by atoms with Crippen molar-refractivity contribution < 1.29 is 19.1 Å². The molecule has 0 radical (unpaired) electrons. The maximum absolute atomic E-state index is 12.9. The van der Waals surface area contributed by atoms with E-state index in [1.165, 1.54) is 11.3 Å². The maximum Gasteiger partial charge on any atom is 0.263 e. The molecule has 4 rings (SSSR count). The predicted molar refractivity (Wildman–Crippen MR) is 109 cm³/mol. The standard InChI is InChI=1S/C21H25N3O4S/c1-27-12-13-28-19-18(15-4-8-22-9-5-15)24(21(19)26)16-6-10-23(11-7-16)20(25)17-3-2-14-29-17/h2-5,8-9,14,16,18-19H,6-7,10-13H2,1H3/t18-,19+/m0/s1. The van der Waals surface area contributed by atoms with E-state index in [9.17, 15) is 9.59 Å². The van der Waals surface area contributed by atoms with Gasteiger partial charge in [0.05, 0.1) is 24.1 Å². The largest absolute Gasteiger partial charge is 0.382 e. The van der Waals surface area contributed by atoms with E-state index < -0.39 is 6.10 Å². The molecule has 0 saturated carbocycles. The highest BCUT2D eigenvalue weighted by Gasteiger charge is 2.52. The van der Waals surface area contributed by atoms with Crippen molar-refractivity contribution in [2.75, 3.05) is 33.4 Å². The number of hydrogen-bond donors (Lipinski definition) is 0. The SMILES string of the molecule is COCCO[C@H]1C(=O)N(C2CCN(C(=O)c3cccs3)CC2)[C@H]1c1ccncc1. The zero-order valence-electron chi connectivity index (χ0n) is 16.4. The molecule has 4 heterocycles. The van der Waals surface area contributed by atoms with Gasteiger partial charge in [-0.2, -0.15) is 0 Å². The average molecular weight is 416 g/mol. The normalized spacial score (nSPS) is 22.6. The number of likely N-dealkylation sites (tertiary alicyclic amines) is 2. The molecule has 0 aromatic carbocycles. The number of thiophene rings is 1. The molecule has 8 heteroatoms. The quantitative estimate of drug-likeness (QED) is 0.513. The molecule has 0 N–H and O–H groups in total. The van der Waals surface area contributed by atoms with Gasteiger partial charge in [0.2, 0.25) is 0 Å². The topological polar surface area (TPSA) is 72.0 Å². The van der Waals surface area contributed by atoms with Gasteiger partial charge < -0.3 is 19.3 Å². The Hall–Kier alpha value is -2.29. The molecule has 2 saturated heterocycles. The minimum atomic E-state index is -0.488. The lowest BCUT2D eigenvalue weighted by molar-refractivity contribution is -0.183. The second-order valence-corrected chi connectivity index (χ2v) is 8.20. The summed E-state index contributed by atoms with van der Waals surface area (Å²) in [5, 5.41) is 1.92. The Labute approximate surface area is 174 Å². The second kappa shape index (κ2) is 9.02. The minimum absolute atomic E-state index is 0.0194. The summed E-state index contributed by atoms with van der Waals surface area (Å²) in [5.74, 6) is 0.103. The first-order chi connectivity index (χ1) is 14.2. The molecule has 29 heavy (non-hydrogen) atoms. The highest BCUT2D eigenvalue weighted by Crippen LogP contribution is 2.40. The van der Waals surface area contributed by atoms with Crippen molar-refractivity contribution in [3.05, 3.63) is 52.5 Å². The van der Waals surface area contributed by atoms with E-state index in [0.717, 1.165) is 23.3 Å². The zero-order chi connectivity index (χ0) is 20.2. The third-order valence-corrected chi connectivity index (χ3v) is 6.45. The number of β-lactam (4-membered cyclic amide) rings is 1. The molecular weight excluding hydrogens is 390 g/mol. The molecule has 0 bridgehead atoms. The fourth-order valence-corrected chi connectivity index (χ4v) is 4.80. The molecule has 2 atom stereocenters. The van der Waals surface area contributed by atoms with Crippen LogP contribution in [0.25, 0.3) is 0 Å². The number of hydrogen-bond acceptors (Lipinski definition) is 6. The molecule has 2 aromatic heterocycles. The van der Waals surface area contributed by atoms with Gasteiger partial charge in [-0.3, -0.25) is 14.6 Å². The number of nitrogens with zero attached hydrogens (tertiary/aromatic N) is 3. The Morgan fingerprint density at radius 2 is 1.97 bits per heavy atom. The first kappa shape index (κ1) is 20.0. The lowest BCUT2D eigenvalue weighted by Crippen LogP contribution is -2.64. The molecular formula is C21H25N3O4S. The predicted octanol–water partition coefficient (Wildman–Crippen LogP) is 2.36. The molecule has 154 valence electrons. The van der Waals surface area contributed by atoms with Crippen LogP contribution in [0.3, 0.4) is 0 Å². The van der Waals surface area contributed by atoms with Crippen LogP contribution in [0.15, 0.2) is 42.0 Å². The summed E-state index contributed by atoms with van der Waals surface area (Å²) < 4.78 is 10.9. The van der Waals surface area contributed by atoms with Crippen LogP contribution < -0.4 is 0 Å². The molecule has 2 amide bonds. The molecule has 2 fully saturated rings. The molecule has 2 aliphatic heterocycles. The summed E-state index contributed by atoms with van der Waals surface area (Å²) in [7, 11) is 1.61. The number of carbonyl (C=O) groups is 2. The van der Waals surface area contributed by atoms with Gasteiger partial charge in [0.15, 0.2) is 6.10 Å². The van der Waals surface area contributed by atoms with Gasteiger partial charge in [-0.25, -0.2) is 0 Å². The highest BCUT2D eigenvalue weighted by atomic mass is 32.1. The monoisotopic (exact) mass is 415 g/mol. The Morgan fingerprint density at radius 1 is 1.21 bits per heavy atom. The van der Waals surface area contributed by atoms with E-state index in [4.69, 9.17) is 9.47 Å². The van der Waals surface area contributed by atoms with E-state index in [0.29, 0.717) is 26.3 Å². The fraction of sp³-hybridized carbons (Fsp3) is 0.476. The smallest absolute Gasteiger partial charge is 0.263 e. The number of carbonyl (C=O) groups excluding carboxylic acids is 2. The van der Waals surface area contributed by atoms with Crippen LogP contribution in [0.2, 0.25) is 0 Å². The third-order valence-electron chi connectivity index (χ3n) is 5.59. The summed E-state index contributed by atoms with van der Waals surface area (Å²) >= 11 is 1.47. The summed E-state index contributed by atoms with van der Waals surface area (Å²) in [6.07, 6.45) is 4.54. The van der Waals surface area contributed by atoms with Gasteiger partial charge in [0.1, 0.15) is 0 Å². The summed E-state index contributed by atoms with van der Waals surface area (Å²) in [6.45, 7) is 2.15. The van der Waals surface area contributed by atoms with E-state index in [1.54, 1.807) is 19.5 Å². The van der Waals surface area contributed by atoms with Crippen molar-refractivity contribution in [2.45, 2.75) is 31.0 Å². The number of rotatable bonds is 7. The van der Waals surface area contributed by atoms with Crippen molar-refractivity contribution in [3.63, 3.8) is 0 Å². The fourth-order valence-electron chi connectivity index (χ4n) is 4.11. The highest BCUT2D eigenvalue weighted by molar-refractivity contribution is 7.12. The van der Waals surface area contributed by atoms with Crippen LogP contribution in [0.4, 0.5) is 0 Å².